The normalized spacial score (nSPS) is 11.1. The number of hydrogen-bond acceptors (Lipinski definition) is 2. The first kappa shape index (κ1) is 19.3. The minimum Gasteiger partial charge on any atom is -1.00 e. The van der Waals surface area contributed by atoms with Crippen LogP contribution >= 0.6 is 7.92 Å². The largest absolute Gasteiger partial charge is 1.00 e. The average molecular weight is 366 g/mol. The molecule has 6 heteroatoms. The van der Waals surface area contributed by atoms with Crippen molar-refractivity contribution in [2.75, 3.05) is 0 Å². The molecular formula is C18H16NaO3PS. The second-order valence-electron chi connectivity index (χ2n) is 4.98. The molecule has 0 radical (unpaired) electrons. The zero-order valence-electron chi connectivity index (χ0n) is 14.2. The van der Waals surface area contributed by atoms with Crippen molar-refractivity contribution in [3.8, 4) is 0 Å². The maximum absolute atomic E-state index is 11.2. The molecule has 0 spiro atoms. The van der Waals surface area contributed by atoms with Gasteiger partial charge in [0.25, 0.3) is 10.1 Å². The van der Waals surface area contributed by atoms with E-state index in [2.05, 4.69) is 24.3 Å². The van der Waals surface area contributed by atoms with Gasteiger partial charge in [-0.15, -0.1) is 0 Å². The van der Waals surface area contributed by atoms with Gasteiger partial charge >= 0.3 is 29.6 Å². The summed E-state index contributed by atoms with van der Waals surface area (Å²) in [5, 5.41) is 3.41. The minimum absolute atomic E-state index is 0. The first-order chi connectivity index (χ1) is 11.1. The maximum atomic E-state index is 11.2. The Morgan fingerprint density at radius 2 is 1.04 bits per heavy atom. The van der Waals surface area contributed by atoms with Crippen LogP contribution in [0.1, 0.15) is 1.43 Å². The second-order valence-corrected chi connectivity index (χ2v) is 8.62. The third kappa shape index (κ3) is 4.54. The van der Waals surface area contributed by atoms with Crippen molar-refractivity contribution in [1.82, 2.24) is 0 Å². The monoisotopic (exact) mass is 366 g/mol. The van der Waals surface area contributed by atoms with Crippen LogP contribution in [0.25, 0.3) is 0 Å². The Balaban J connectivity index is 0.00000156. The molecule has 3 nitrogen and oxygen atoms in total. The first-order valence-electron chi connectivity index (χ1n) is 7.03. The topological polar surface area (TPSA) is 54.4 Å². The van der Waals surface area contributed by atoms with E-state index < -0.39 is 18.0 Å². The molecule has 118 valence electrons. The van der Waals surface area contributed by atoms with Crippen molar-refractivity contribution in [1.29, 1.82) is 0 Å². The van der Waals surface area contributed by atoms with E-state index in [1.165, 1.54) is 22.7 Å². The van der Waals surface area contributed by atoms with Gasteiger partial charge in [0.05, 0.1) is 4.90 Å². The van der Waals surface area contributed by atoms with Crippen LogP contribution in [0, 0.1) is 0 Å². The number of hydrogen-bond donors (Lipinski definition) is 1. The van der Waals surface area contributed by atoms with Crippen LogP contribution in [0.15, 0.2) is 89.8 Å². The standard InChI is InChI=1S/C18H15O3PS.Na.H/c19-23(20,21)18-13-11-17(12-14-18)22(15-7-3-1-4-8-15)16-9-5-2-6-10-16;;/h1-14H,(H,19,20,21);;/q;+1;-1. The van der Waals surface area contributed by atoms with Crippen LogP contribution in [0.4, 0.5) is 0 Å². The number of rotatable bonds is 4. The van der Waals surface area contributed by atoms with Crippen molar-refractivity contribution in [3.63, 3.8) is 0 Å². The molecule has 0 fully saturated rings. The molecule has 0 amide bonds. The van der Waals surface area contributed by atoms with E-state index >= 15 is 0 Å². The molecule has 0 aliphatic carbocycles. The SMILES string of the molecule is O=S(=O)(O)c1ccc(P(c2ccccc2)c2ccccc2)cc1.[H-].[Na+]. The van der Waals surface area contributed by atoms with E-state index in [4.69, 9.17) is 4.55 Å². The van der Waals surface area contributed by atoms with Gasteiger partial charge in [-0.1, -0.05) is 72.8 Å². The predicted octanol–water partition coefficient (Wildman–Crippen LogP) is -0.192. The summed E-state index contributed by atoms with van der Waals surface area (Å²) in [6, 6.07) is 26.7. The van der Waals surface area contributed by atoms with E-state index in [9.17, 15) is 8.42 Å². The van der Waals surface area contributed by atoms with E-state index in [0.29, 0.717) is 0 Å². The molecule has 0 saturated heterocycles. The summed E-state index contributed by atoms with van der Waals surface area (Å²) >= 11 is 0. The van der Waals surface area contributed by atoms with Gasteiger partial charge in [-0.3, -0.25) is 4.55 Å². The molecule has 0 heterocycles. The molecule has 1 N–H and O–H groups in total. The fourth-order valence-corrected chi connectivity index (χ4v) is 5.13. The van der Waals surface area contributed by atoms with Gasteiger partial charge < -0.3 is 1.43 Å². The van der Waals surface area contributed by atoms with Gasteiger partial charge in [-0.05, 0) is 36.0 Å². The Labute approximate surface area is 167 Å². The second kappa shape index (κ2) is 8.39. The van der Waals surface area contributed by atoms with Crippen molar-refractivity contribution >= 4 is 34.0 Å². The molecule has 0 atom stereocenters. The van der Waals surface area contributed by atoms with Gasteiger partial charge in [0.1, 0.15) is 0 Å². The third-order valence-electron chi connectivity index (χ3n) is 3.42. The van der Waals surface area contributed by atoms with Crippen molar-refractivity contribution in [2.24, 2.45) is 0 Å². The summed E-state index contributed by atoms with van der Waals surface area (Å²) in [5.74, 6) is 0. The quantitative estimate of drug-likeness (QED) is 0.396. The Kier molecular flexibility index (Phi) is 6.76. The van der Waals surface area contributed by atoms with Crippen LogP contribution < -0.4 is 45.5 Å². The van der Waals surface area contributed by atoms with Crippen LogP contribution in [-0.4, -0.2) is 13.0 Å². The fourth-order valence-electron chi connectivity index (χ4n) is 2.37. The van der Waals surface area contributed by atoms with Crippen LogP contribution in [-0.2, 0) is 10.1 Å². The molecule has 0 aliphatic heterocycles. The average Bonchev–Trinajstić information content (AvgIpc) is 2.57. The molecule has 0 saturated carbocycles. The summed E-state index contributed by atoms with van der Waals surface area (Å²) in [6.07, 6.45) is 0. The third-order valence-corrected chi connectivity index (χ3v) is 6.73. The first-order valence-corrected chi connectivity index (χ1v) is 9.82. The van der Waals surface area contributed by atoms with Gasteiger partial charge in [0.2, 0.25) is 0 Å². The predicted molar refractivity (Wildman–Crippen MR) is 96.1 cm³/mol. The van der Waals surface area contributed by atoms with Crippen LogP contribution in [0.3, 0.4) is 0 Å². The zero-order chi connectivity index (χ0) is 16.3. The number of benzene rings is 3. The Morgan fingerprint density at radius 1 is 0.667 bits per heavy atom. The summed E-state index contributed by atoms with van der Waals surface area (Å²) in [5.41, 5.74) is 0. The molecule has 0 unspecified atom stereocenters. The molecule has 3 aromatic carbocycles. The van der Waals surface area contributed by atoms with Crippen molar-refractivity contribution in [3.05, 3.63) is 84.9 Å². The van der Waals surface area contributed by atoms with E-state index in [0.717, 1.165) is 5.30 Å². The summed E-state index contributed by atoms with van der Waals surface area (Å²) in [7, 11) is -4.94. The maximum Gasteiger partial charge on any atom is 1.00 e. The van der Waals surface area contributed by atoms with E-state index in [1.807, 2.05) is 36.4 Å². The van der Waals surface area contributed by atoms with Crippen LogP contribution in [0.5, 0.6) is 0 Å². The molecular weight excluding hydrogens is 350 g/mol. The summed E-state index contributed by atoms with van der Waals surface area (Å²) < 4.78 is 31.6. The Bertz CT molecular complexity index is 849. The zero-order valence-corrected chi connectivity index (χ0v) is 16.9. The van der Waals surface area contributed by atoms with E-state index in [1.54, 1.807) is 12.1 Å². The molecule has 3 rings (SSSR count). The van der Waals surface area contributed by atoms with Gasteiger partial charge in [-0.2, -0.15) is 8.42 Å². The summed E-state index contributed by atoms with van der Waals surface area (Å²) in [4.78, 5) is -0.0858. The Morgan fingerprint density at radius 3 is 1.42 bits per heavy atom. The molecule has 0 aromatic heterocycles. The molecule has 0 bridgehead atoms. The van der Waals surface area contributed by atoms with Gasteiger partial charge in [0.15, 0.2) is 0 Å². The van der Waals surface area contributed by atoms with E-state index in [-0.39, 0.29) is 35.9 Å². The van der Waals surface area contributed by atoms with Gasteiger partial charge in [0, 0.05) is 0 Å². The van der Waals surface area contributed by atoms with Crippen molar-refractivity contribution < 1.29 is 44.0 Å². The molecule has 3 aromatic rings. The summed E-state index contributed by atoms with van der Waals surface area (Å²) in [6.45, 7) is 0. The van der Waals surface area contributed by atoms with Crippen molar-refractivity contribution in [2.45, 2.75) is 4.90 Å². The van der Waals surface area contributed by atoms with Gasteiger partial charge in [-0.25, -0.2) is 0 Å². The molecule has 24 heavy (non-hydrogen) atoms. The minimum atomic E-state index is -4.17. The molecule has 0 aliphatic rings. The fraction of sp³-hybridized carbons (Fsp3) is 0. The Hall–Kier alpha value is -1.000. The van der Waals surface area contributed by atoms with Crippen LogP contribution in [0.2, 0.25) is 0 Å². The smallest absolute Gasteiger partial charge is 1.00 e.